The van der Waals surface area contributed by atoms with Crippen molar-refractivity contribution in [3.63, 3.8) is 0 Å². The van der Waals surface area contributed by atoms with Crippen LogP contribution >= 0.6 is 11.3 Å². The van der Waals surface area contributed by atoms with Gasteiger partial charge in [0.1, 0.15) is 18.9 Å². The number of carbonyl (C=O) groups is 2. The molecule has 0 spiro atoms. The van der Waals surface area contributed by atoms with Crippen molar-refractivity contribution in [1.29, 1.82) is 0 Å². The molecule has 0 radical (unpaired) electrons. The number of hydrogen-bond donors (Lipinski definition) is 0. The van der Waals surface area contributed by atoms with Crippen molar-refractivity contribution in [2.24, 2.45) is 0 Å². The second-order valence-electron chi connectivity index (χ2n) is 7.00. The van der Waals surface area contributed by atoms with Gasteiger partial charge in [-0.1, -0.05) is 24.3 Å². The molecule has 160 valence electrons. The van der Waals surface area contributed by atoms with Crippen LogP contribution in [0.1, 0.15) is 20.8 Å². The van der Waals surface area contributed by atoms with E-state index >= 15 is 0 Å². The quantitative estimate of drug-likeness (QED) is 0.322. The Morgan fingerprint density at radius 3 is 2.56 bits per heavy atom. The minimum atomic E-state index is -0.630. The van der Waals surface area contributed by atoms with Gasteiger partial charge in [0.25, 0.3) is 0 Å². The molecule has 0 atom stereocenters. The zero-order valence-corrected chi connectivity index (χ0v) is 17.7. The van der Waals surface area contributed by atoms with Gasteiger partial charge < -0.3 is 14.2 Å². The van der Waals surface area contributed by atoms with Crippen LogP contribution in [0.5, 0.6) is 11.5 Å². The number of para-hydroxylation sites is 1. The summed E-state index contributed by atoms with van der Waals surface area (Å²) in [6.45, 7) is 0.503. The number of nitrogens with zero attached hydrogens (tertiary/aromatic N) is 2. The van der Waals surface area contributed by atoms with Gasteiger partial charge in [0.15, 0.2) is 29.6 Å². The molecule has 0 saturated carbocycles. The SMILES string of the molecule is O=C(COC(=O)c1cc(-c2cccs2)nn1-c1ccccc1)c1ccc2c(c1)OCCO2. The molecule has 0 unspecified atom stereocenters. The zero-order valence-electron chi connectivity index (χ0n) is 16.9. The van der Waals surface area contributed by atoms with Crippen LogP contribution in [0.4, 0.5) is 0 Å². The summed E-state index contributed by atoms with van der Waals surface area (Å²) < 4.78 is 17.9. The van der Waals surface area contributed by atoms with Crippen LogP contribution in [0.2, 0.25) is 0 Å². The normalized spacial score (nSPS) is 12.4. The first kappa shape index (κ1) is 20.0. The average molecular weight is 446 g/mol. The van der Waals surface area contributed by atoms with Gasteiger partial charge in [0.05, 0.1) is 10.6 Å². The number of fused-ring (bicyclic) bond motifs is 1. The molecule has 5 rings (SSSR count). The lowest BCUT2D eigenvalue weighted by atomic mass is 10.1. The summed E-state index contributed by atoms with van der Waals surface area (Å²) in [7, 11) is 0. The predicted molar refractivity (Wildman–Crippen MR) is 119 cm³/mol. The topological polar surface area (TPSA) is 79.7 Å². The van der Waals surface area contributed by atoms with E-state index < -0.39 is 12.6 Å². The second kappa shape index (κ2) is 8.68. The monoisotopic (exact) mass is 446 g/mol. The first-order chi connectivity index (χ1) is 15.7. The van der Waals surface area contributed by atoms with Crippen LogP contribution in [0.25, 0.3) is 16.3 Å². The summed E-state index contributed by atoms with van der Waals surface area (Å²) in [4.78, 5) is 26.5. The van der Waals surface area contributed by atoms with E-state index in [0.29, 0.717) is 36.0 Å². The molecule has 2 aromatic heterocycles. The van der Waals surface area contributed by atoms with Gasteiger partial charge in [-0.3, -0.25) is 4.79 Å². The molecule has 0 bridgehead atoms. The Morgan fingerprint density at radius 1 is 0.969 bits per heavy atom. The number of rotatable bonds is 6. The molecular formula is C24H18N2O5S. The summed E-state index contributed by atoms with van der Waals surface area (Å²) in [6, 6.07) is 19.8. The predicted octanol–water partition coefficient (Wildman–Crippen LogP) is 4.41. The van der Waals surface area contributed by atoms with E-state index in [1.807, 2.05) is 47.8 Å². The van der Waals surface area contributed by atoms with Crippen LogP contribution < -0.4 is 9.47 Å². The molecule has 32 heavy (non-hydrogen) atoms. The van der Waals surface area contributed by atoms with Gasteiger partial charge in [-0.05, 0) is 41.8 Å². The third-order valence-corrected chi connectivity index (χ3v) is 5.78. The number of thiophene rings is 1. The molecule has 3 heterocycles. The lowest BCUT2D eigenvalue weighted by Gasteiger charge is -2.18. The summed E-state index contributed by atoms with van der Waals surface area (Å²) >= 11 is 1.53. The number of benzene rings is 2. The van der Waals surface area contributed by atoms with E-state index in [9.17, 15) is 9.59 Å². The molecule has 1 aliphatic heterocycles. The van der Waals surface area contributed by atoms with E-state index in [1.54, 1.807) is 24.3 Å². The molecule has 0 fully saturated rings. The van der Waals surface area contributed by atoms with E-state index in [-0.39, 0.29) is 11.5 Å². The molecule has 1 aliphatic rings. The highest BCUT2D eigenvalue weighted by Crippen LogP contribution is 2.31. The zero-order chi connectivity index (χ0) is 21.9. The molecule has 0 aliphatic carbocycles. The molecule has 8 heteroatoms. The van der Waals surface area contributed by atoms with Crippen molar-refractivity contribution in [2.75, 3.05) is 19.8 Å². The third-order valence-electron chi connectivity index (χ3n) is 4.89. The van der Waals surface area contributed by atoms with Crippen molar-refractivity contribution >= 4 is 23.1 Å². The fourth-order valence-corrected chi connectivity index (χ4v) is 4.02. The Morgan fingerprint density at radius 2 is 1.78 bits per heavy atom. The van der Waals surface area contributed by atoms with E-state index in [4.69, 9.17) is 14.2 Å². The summed E-state index contributed by atoms with van der Waals surface area (Å²) in [5, 5.41) is 6.53. The van der Waals surface area contributed by atoms with Crippen LogP contribution in [-0.4, -0.2) is 41.4 Å². The Labute approximate surface area is 187 Å². The van der Waals surface area contributed by atoms with Crippen molar-refractivity contribution in [3.05, 3.63) is 83.4 Å². The number of ether oxygens (including phenoxy) is 3. The highest BCUT2D eigenvalue weighted by atomic mass is 32.1. The van der Waals surface area contributed by atoms with Crippen molar-refractivity contribution < 1.29 is 23.8 Å². The fraction of sp³-hybridized carbons (Fsp3) is 0.125. The largest absolute Gasteiger partial charge is 0.486 e. The van der Waals surface area contributed by atoms with Gasteiger partial charge >= 0.3 is 5.97 Å². The van der Waals surface area contributed by atoms with E-state index in [2.05, 4.69) is 5.10 Å². The van der Waals surface area contributed by atoms with Gasteiger partial charge in [0.2, 0.25) is 0 Å². The smallest absolute Gasteiger partial charge is 0.357 e. The average Bonchev–Trinajstić information content (AvgIpc) is 3.53. The van der Waals surface area contributed by atoms with Gasteiger partial charge in [-0.15, -0.1) is 11.3 Å². The molecule has 0 amide bonds. The standard InChI is InChI=1S/C24H18N2O5S/c27-20(16-8-9-21-22(13-16)30-11-10-29-21)15-31-24(28)19-14-18(23-7-4-12-32-23)25-26(19)17-5-2-1-3-6-17/h1-9,12-14H,10-11,15H2. The Hall–Kier alpha value is -3.91. The van der Waals surface area contributed by atoms with Crippen LogP contribution in [0.15, 0.2) is 72.1 Å². The highest BCUT2D eigenvalue weighted by molar-refractivity contribution is 7.13. The van der Waals surface area contributed by atoms with E-state index in [0.717, 1.165) is 10.6 Å². The second-order valence-corrected chi connectivity index (χ2v) is 7.94. The first-order valence-electron chi connectivity index (χ1n) is 9.98. The number of Topliss-reactive ketones (excluding diaryl/α,β-unsaturated/α-hetero) is 1. The molecule has 2 aromatic carbocycles. The van der Waals surface area contributed by atoms with Crippen LogP contribution in [0.3, 0.4) is 0 Å². The Bertz CT molecular complexity index is 1270. The fourth-order valence-electron chi connectivity index (χ4n) is 3.34. The third kappa shape index (κ3) is 4.00. The van der Waals surface area contributed by atoms with Crippen molar-refractivity contribution in [3.8, 4) is 27.8 Å². The van der Waals surface area contributed by atoms with Crippen LogP contribution in [0, 0.1) is 0 Å². The lowest BCUT2D eigenvalue weighted by molar-refractivity contribution is 0.0465. The van der Waals surface area contributed by atoms with Gasteiger partial charge in [-0.25, -0.2) is 9.48 Å². The van der Waals surface area contributed by atoms with E-state index in [1.165, 1.54) is 16.0 Å². The number of esters is 1. The molecular weight excluding hydrogens is 428 g/mol. The summed E-state index contributed by atoms with van der Waals surface area (Å²) in [5.74, 6) is 0.142. The molecule has 0 N–H and O–H groups in total. The van der Waals surface area contributed by atoms with Gasteiger partial charge in [0, 0.05) is 11.6 Å². The van der Waals surface area contributed by atoms with Gasteiger partial charge in [-0.2, -0.15) is 5.10 Å². The maximum atomic E-state index is 12.9. The van der Waals surface area contributed by atoms with Crippen molar-refractivity contribution in [2.45, 2.75) is 0 Å². The summed E-state index contributed by atoms with van der Waals surface area (Å²) in [5.41, 5.74) is 2.02. The minimum Gasteiger partial charge on any atom is -0.486 e. The summed E-state index contributed by atoms with van der Waals surface area (Å²) in [6.07, 6.45) is 0. The molecule has 4 aromatic rings. The van der Waals surface area contributed by atoms with Crippen LogP contribution in [-0.2, 0) is 4.74 Å². The molecule has 7 nitrogen and oxygen atoms in total. The minimum absolute atomic E-state index is 0.245. The number of carbonyl (C=O) groups excluding carboxylic acids is 2. The Kier molecular flexibility index (Phi) is 5.43. The Balaban J connectivity index is 1.36. The number of aromatic nitrogens is 2. The molecule has 0 saturated heterocycles. The maximum Gasteiger partial charge on any atom is 0.357 e. The first-order valence-corrected chi connectivity index (χ1v) is 10.9. The highest BCUT2D eigenvalue weighted by Gasteiger charge is 2.21. The maximum absolute atomic E-state index is 12.9. The number of hydrogen-bond acceptors (Lipinski definition) is 7. The lowest BCUT2D eigenvalue weighted by Crippen LogP contribution is -2.18. The van der Waals surface area contributed by atoms with Crippen molar-refractivity contribution in [1.82, 2.24) is 9.78 Å². The number of ketones is 1.